The van der Waals surface area contributed by atoms with Crippen molar-refractivity contribution in [2.45, 2.75) is 46.0 Å². The van der Waals surface area contributed by atoms with Gasteiger partial charge in [0.25, 0.3) is 0 Å². The number of nitrogens with zero attached hydrogens (tertiary/aromatic N) is 1. The van der Waals surface area contributed by atoms with Crippen molar-refractivity contribution in [1.29, 1.82) is 0 Å². The maximum absolute atomic E-state index is 12.3. The van der Waals surface area contributed by atoms with Crippen molar-refractivity contribution in [1.82, 2.24) is 4.90 Å². The van der Waals surface area contributed by atoms with Gasteiger partial charge in [0, 0.05) is 19.0 Å². The minimum absolute atomic E-state index is 0.102. The van der Waals surface area contributed by atoms with Gasteiger partial charge in [-0.3, -0.25) is 9.59 Å². The number of carbonyl (C=O) groups is 2. The summed E-state index contributed by atoms with van der Waals surface area (Å²) in [6.07, 6.45) is 5.27. The molecule has 1 fully saturated rings. The number of rotatable bonds is 4. The minimum Gasteiger partial charge on any atom is -0.481 e. The van der Waals surface area contributed by atoms with Crippen LogP contribution in [0.1, 0.15) is 46.0 Å². The Bertz CT molecular complexity index is 295. The first-order valence-corrected chi connectivity index (χ1v) is 6.35. The summed E-state index contributed by atoms with van der Waals surface area (Å²) < 4.78 is 0. The first-order valence-electron chi connectivity index (χ1n) is 6.35. The zero-order valence-electron chi connectivity index (χ0n) is 11.0. The topological polar surface area (TPSA) is 57.6 Å². The Labute approximate surface area is 103 Å². The van der Waals surface area contributed by atoms with Gasteiger partial charge in [-0.25, -0.2) is 0 Å². The van der Waals surface area contributed by atoms with Crippen LogP contribution < -0.4 is 0 Å². The first-order chi connectivity index (χ1) is 7.87. The van der Waals surface area contributed by atoms with Crippen molar-refractivity contribution < 1.29 is 14.7 Å². The van der Waals surface area contributed by atoms with Gasteiger partial charge in [0.05, 0.1) is 5.92 Å². The second-order valence-corrected chi connectivity index (χ2v) is 5.55. The molecule has 98 valence electrons. The molecule has 1 rings (SSSR count). The lowest BCUT2D eigenvalue weighted by Gasteiger charge is -2.36. The minimum atomic E-state index is -0.849. The summed E-state index contributed by atoms with van der Waals surface area (Å²) in [6.45, 7) is 3.94. The van der Waals surface area contributed by atoms with E-state index >= 15 is 0 Å². The highest BCUT2D eigenvalue weighted by atomic mass is 16.4. The third-order valence-electron chi connectivity index (χ3n) is 3.79. The molecule has 0 aromatic heterocycles. The maximum Gasteiger partial charge on any atom is 0.308 e. The number of amides is 1. The van der Waals surface area contributed by atoms with Crippen molar-refractivity contribution in [2.75, 3.05) is 13.6 Å². The van der Waals surface area contributed by atoms with Crippen LogP contribution in [0, 0.1) is 11.3 Å². The summed E-state index contributed by atoms with van der Waals surface area (Å²) in [5.41, 5.74) is -0.273. The Kier molecular flexibility index (Phi) is 4.54. The van der Waals surface area contributed by atoms with Gasteiger partial charge in [0.15, 0.2) is 0 Å². The molecule has 0 aromatic rings. The molecule has 1 atom stereocenters. The van der Waals surface area contributed by atoms with E-state index in [2.05, 4.69) is 0 Å². The Morgan fingerprint density at radius 1 is 1.29 bits per heavy atom. The SMILES string of the molecule is CC(CN(C)C(=O)C1(C)CCCCC1)C(=O)O. The lowest BCUT2D eigenvalue weighted by atomic mass is 9.74. The van der Waals surface area contributed by atoms with Gasteiger partial charge in [0.1, 0.15) is 0 Å². The molecule has 1 N–H and O–H groups in total. The van der Waals surface area contributed by atoms with Crippen molar-refractivity contribution >= 4 is 11.9 Å². The molecule has 0 bridgehead atoms. The van der Waals surface area contributed by atoms with Gasteiger partial charge in [-0.1, -0.05) is 33.1 Å². The van der Waals surface area contributed by atoms with E-state index < -0.39 is 11.9 Å². The molecule has 0 radical (unpaired) electrons. The van der Waals surface area contributed by atoms with Crippen LogP contribution in [-0.4, -0.2) is 35.5 Å². The summed E-state index contributed by atoms with van der Waals surface area (Å²) >= 11 is 0. The molecule has 1 unspecified atom stereocenters. The molecule has 4 nitrogen and oxygen atoms in total. The second-order valence-electron chi connectivity index (χ2n) is 5.55. The molecule has 0 aliphatic heterocycles. The van der Waals surface area contributed by atoms with Crippen molar-refractivity contribution in [3.05, 3.63) is 0 Å². The van der Waals surface area contributed by atoms with Gasteiger partial charge in [-0.2, -0.15) is 0 Å². The fourth-order valence-corrected chi connectivity index (χ4v) is 2.58. The predicted molar refractivity (Wildman–Crippen MR) is 65.6 cm³/mol. The summed E-state index contributed by atoms with van der Waals surface area (Å²) in [7, 11) is 1.71. The van der Waals surface area contributed by atoms with Crippen LogP contribution in [0.3, 0.4) is 0 Å². The molecular weight excluding hydrogens is 218 g/mol. The van der Waals surface area contributed by atoms with E-state index in [0.717, 1.165) is 25.7 Å². The molecule has 4 heteroatoms. The summed E-state index contributed by atoms with van der Waals surface area (Å²) in [6, 6.07) is 0. The molecular formula is C13H23NO3. The maximum atomic E-state index is 12.3. The fourth-order valence-electron chi connectivity index (χ4n) is 2.58. The van der Waals surface area contributed by atoms with E-state index in [4.69, 9.17) is 5.11 Å². The standard InChI is InChI=1S/C13H23NO3/c1-10(11(15)16)9-14(3)12(17)13(2)7-5-4-6-8-13/h10H,4-9H2,1-3H3,(H,15,16). The monoisotopic (exact) mass is 241 g/mol. The Balaban J connectivity index is 2.59. The lowest BCUT2D eigenvalue weighted by molar-refractivity contribution is -0.146. The number of hydrogen-bond donors (Lipinski definition) is 1. The van der Waals surface area contributed by atoms with E-state index in [1.807, 2.05) is 6.92 Å². The van der Waals surface area contributed by atoms with Crippen LogP contribution in [-0.2, 0) is 9.59 Å². The number of aliphatic carboxylic acids is 1. The zero-order chi connectivity index (χ0) is 13.1. The van der Waals surface area contributed by atoms with Gasteiger partial charge in [-0.15, -0.1) is 0 Å². The highest BCUT2D eigenvalue weighted by Crippen LogP contribution is 2.37. The average molecular weight is 241 g/mol. The number of carboxylic acids is 1. The molecule has 0 aromatic carbocycles. The van der Waals surface area contributed by atoms with Crippen LogP contribution >= 0.6 is 0 Å². The van der Waals surface area contributed by atoms with Crippen LogP contribution in [0.4, 0.5) is 0 Å². The van der Waals surface area contributed by atoms with Crippen molar-refractivity contribution in [2.24, 2.45) is 11.3 Å². The zero-order valence-corrected chi connectivity index (χ0v) is 11.0. The van der Waals surface area contributed by atoms with Crippen molar-refractivity contribution in [3.8, 4) is 0 Å². The number of carboxylic acid groups (broad SMARTS) is 1. The smallest absolute Gasteiger partial charge is 0.308 e. The van der Waals surface area contributed by atoms with Crippen molar-refractivity contribution in [3.63, 3.8) is 0 Å². The first kappa shape index (κ1) is 14.0. The summed E-state index contributed by atoms with van der Waals surface area (Å²) in [5, 5.41) is 8.85. The molecule has 17 heavy (non-hydrogen) atoms. The highest BCUT2D eigenvalue weighted by molar-refractivity contribution is 5.82. The van der Waals surface area contributed by atoms with E-state index in [9.17, 15) is 9.59 Å². The molecule has 0 heterocycles. The van der Waals surface area contributed by atoms with Crippen LogP contribution in [0.15, 0.2) is 0 Å². The van der Waals surface area contributed by atoms with Gasteiger partial charge >= 0.3 is 5.97 Å². The summed E-state index contributed by atoms with van der Waals surface area (Å²) in [5.74, 6) is -1.25. The number of carbonyl (C=O) groups excluding carboxylic acids is 1. The molecule has 0 saturated heterocycles. The third-order valence-corrected chi connectivity index (χ3v) is 3.79. The normalized spacial score (nSPS) is 20.6. The number of hydrogen-bond acceptors (Lipinski definition) is 2. The predicted octanol–water partition coefficient (Wildman–Crippen LogP) is 2.14. The second kappa shape index (κ2) is 5.52. The highest BCUT2D eigenvalue weighted by Gasteiger charge is 2.37. The molecule has 1 aliphatic rings. The molecule has 1 aliphatic carbocycles. The molecule has 1 amide bonds. The molecule has 1 saturated carbocycles. The Morgan fingerprint density at radius 3 is 2.29 bits per heavy atom. The van der Waals surface area contributed by atoms with E-state index in [0.29, 0.717) is 6.54 Å². The quantitative estimate of drug-likeness (QED) is 0.820. The van der Waals surface area contributed by atoms with E-state index in [-0.39, 0.29) is 11.3 Å². The largest absolute Gasteiger partial charge is 0.481 e. The third kappa shape index (κ3) is 3.45. The van der Waals surface area contributed by atoms with E-state index in [1.54, 1.807) is 18.9 Å². The van der Waals surface area contributed by atoms with Gasteiger partial charge in [0.2, 0.25) is 5.91 Å². The fraction of sp³-hybridized carbons (Fsp3) is 0.846. The van der Waals surface area contributed by atoms with Crippen LogP contribution in [0.2, 0.25) is 0 Å². The average Bonchev–Trinajstić information content (AvgIpc) is 2.28. The van der Waals surface area contributed by atoms with Gasteiger partial charge in [-0.05, 0) is 12.8 Å². The Morgan fingerprint density at radius 2 is 1.82 bits per heavy atom. The Hall–Kier alpha value is -1.06. The summed E-state index contributed by atoms with van der Waals surface area (Å²) in [4.78, 5) is 24.7. The van der Waals surface area contributed by atoms with Crippen LogP contribution in [0.5, 0.6) is 0 Å². The lowest BCUT2D eigenvalue weighted by Crippen LogP contribution is -2.43. The van der Waals surface area contributed by atoms with Crippen LogP contribution in [0.25, 0.3) is 0 Å². The molecule has 0 spiro atoms. The van der Waals surface area contributed by atoms with E-state index in [1.165, 1.54) is 6.42 Å². The van der Waals surface area contributed by atoms with Gasteiger partial charge < -0.3 is 10.0 Å².